The number of carbonyl (C=O) groups is 2. The lowest BCUT2D eigenvalue weighted by Crippen LogP contribution is -2.39. The zero-order valence-electron chi connectivity index (χ0n) is 19.4. The van der Waals surface area contributed by atoms with Crippen molar-refractivity contribution in [1.82, 2.24) is 9.80 Å². The standard InChI is InChI=1S/C28H33FN2O2/c1-2-3-4-8-17-31-27(32)25(23-11-13-24(29)14-12-23)26(28(31)33)30-18-15-22(16-19-30)20-21-9-6-5-7-10-21/h5-7,9-14,22H,2-4,8,15-20H2,1H3. The van der Waals surface area contributed by atoms with E-state index >= 15 is 0 Å². The third-order valence-corrected chi connectivity index (χ3v) is 6.81. The Morgan fingerprint density at radius 3 is 2.24 bits per heavy atom. The lowest BCUT2D eigenvalue weighted by atomic mass is 9.89. The first kappa shape index (κ1) is 23.2. The van der Waals surface area contributed by atoms with Crippen molar-refractivity contribution in [3.63, 3.8) is 0 Å². The van der Waals surface area contributed by atoms with Crippen LogP contribution >= 0.6 is 0 Å². The van der Waals surface area contributed by atoms with Crippen LogP contribution in [0.25, 0.3) is 5.57 Å². The van der Waals surface area contributed by atoms with Crippen LogP contribution in [0, 0.1) is 11.7 Å². The van der Waals surface area contributed by atoms with Gasteiger partial charge >= 0.3 is 0 Å². The van der Waals surface area contributed by atoms with Gasteiger partial charge in [0.05, 0.1) is 5.57 Å². The van der Waals surface area contributed by atoms with Crippen LogP contribution in [0.4, 0.5) is 4.39 Å². The molecule has 0 saturated carbocycles. The Morgan fingerprint density at radius 1 is 0.879 bits per heavy atom. The number of hydrogen-bond acceptors (Lipinski definition) is 3. The summed E-state index contributed by atoms with van der Waals surface area (Å²) >= 11 is 0. The highest BCUT2D eigenvalue weighted by atomic mass is 19.1. The van der Waals surface area contributed by atoms with Gasteiger partial charge in [0.1, 0.15) is 11.5 Å². The van der Waals surface area contributed by atoms with Gasteiger partial charge in [0, 0.05) is 19.6 Å². The van der Waals surface area contributed by atoms with E-state index in [1.54, 1.807) is 12.1 Å². The van der Waals surface area contributed by atoms with E-state index in [4.69, 9.17) is 0 Å². The Hall–Kier alpha value is -2.95. The molecule has 0 aromatic heterocycles. The van der Waals surface area contributed by atoms with Crippen molar-refractivity contribution in [1.29, 1.82) is 0 Å². The second-order valence-corrected chi connectivity index (χ2v) is 9.17. The second kappa shape index (κ2) is 10.8. The predicted octanol–water partition coefficient (Wildman–Crippen LogP) is 5.44. The van der Waals surface area contributed by atoms with Gasteiger partial charge in [0.25, 0.3) is 11.8 Å². The molecule has 5 heteroatoms. The summed E-state index contributed by atoms with van der Waals surface area (Å²) in [7, 11) is 0. The number of imide groups is 1. The van der Waals surface area contributed by atoms with Crippen LogP contribution in [0.3, 0.4) is 0 Å². The van der Waals surface area contributed by atoms with Crippen LogP contribution in [0.5, 0.6) is 0 Å². The molecule has 1 saturated heterocycles. The number of carbonyl (C=O) groups excluding carboxylic acids is 2. The van der Waals surface area contributed by atoms with Crippen molar-refractivity contribution >= 4 is 17.4 Å². The van der Waals surface area contributed by atoms with Crippen LogP contribution in [-0.2, 0) is 16.0 Å². The molecule has 2 aromatic carbocycles. The molecule has 4 rings (SSSR count). The molecule has 0 N–H and O–H groups in total. The first-order chi connectivity index (χ1) is 16.1. The van der Waals surface area contributed by atoms with Crippen LogP contribution in [0.15, 0.2) is 60.3 Å². The molecule has 0 atom stereocenters. The first-order valence-corrected chi connectivity index (χ1v) is 12.2. The Bertz CT molecular complexity index is 992. The van der Waals surface area contributed by atoms with E-state index in [2.05, 4.69) is 36.1 Å². The molecule has 1 fully saturated rings. The van der Waals surface area contributed by atoms with Crippen molar-refractivity contribution < 1.29 is 14.0 Å². The zero-order chi connectivity index (χ0) is 23.2. The molecule has 0 bridgehead atoms. The normalized spacial score (nSPS) is 17.4. The van der Waals surface area contributed by atoms with Crippen LogP contribution in [0.1, 0.15) is 56.6 Å². The molecule has 2 aliphatic rings. The average Bonchev–Trinajstić information content (AvgIpc) is 3.08. The van der Waals surface area contributed by atoms with Gasteiger partial charge in [0.15, 0.2) is 0 Å². The number of halogens is 1. The fourth-order valence-electron chi connectivity index (χ4n) is 4.94. The lowest BCUT2D eigenvalue weighted by Gasteiger charge is -2.34. The minimum Gasteiger partial charge on any atom is -0.366 e. The molecule has 2 amide bonds. The van der Waals surface area contributed by atoms with Crippen LogP contribution in [-0.4, -0.2) is 41.2 Å². The molecule has 4 nitrogen and oxygen atoms in total. The van der Waals surface area contributed by atoms with Crippen LogP contribution < -0.4 is 0 Å². The van der Waals surface area contributed by atoms with Gasteiger partial charge in [-0.2, -0.15) is 0 Å². The van der Waals surface area contributed by atoms with E-state index in [1.165, 1.54) is 22.6 Å². The average molecular weight is 449 g/mol. The van der Waals surface area contributed by atoms with E-state index in [-0.39, 0.29) is 17.6 Å². The maximum absolute atomic E-state index is 13.5. The number of rotatable bonds is 9. The minimum absolute atomic E-state index is 0.197. The lowest BCUT2D eigenvalue weighted by molar-refractivity contribution is -0.137. The van der Waals surface area contributed by atoms with E-state index in [1.807, 2.05) is 6.07 Å². The van der Waals surface area contributed by atoms with Gasteiger partial charge in [0.2, 0.25) is 0 Å². The van der Waals surface area contributed by atoms with Crippen molar-refractivity contribution in [3.8, 4) is 0 Å². The molecule has 174 valence electrons. The van der Waals surface area contributed by atoms with Crippen molar-refractivity contribution in [2.75, 3.05) is 19.6 Å². The molecule has 0 spiro atoms. The van der Waals surface area contributed by atoms with Gasteiger partial charge in [-0.25, -0.2) is 4.39 Å². The molecular formula is C28H33FN2O2. The number of likely N-dealkylation sites (tertiary alicyclic amines) is 1. The Kier molecular flexibility index (Phi) is 7.58. The fourth-order valence-corrected chi connectivity index (χ4v) is 4.94. The molecule has 0 unspecified atom stereocenters. The molecule has 2 aliphatic heterocycles. The van der Waals surface area contributed by atoms with E-state index in [9.17, 15) is 14.0 Å². The van der Waals surface area contributed by atoms with E-state index < -0.39 is 0 Å². The molecular weight excluding hydrogens is 415 g/mol. The topological polar surface area (TPSA) is 40.6 Å². The van der Waals surface area contributed by atoms with E-state index in [0.29, 0.717) is 29.3 Å². The first-order valence-electron chi connectivity index (χ1n) is 12.2. The third kappa shape index (κ3) is 5.35. The predicted molar refractivity (Wildman–Crippen MR) is 129 cm³/mol. The number of benzene rings is 2. The van der Waals surface area contributed by atoms with Gasteiger partial charge in [-0.1, -0.05) is 68.7 Å². The Balaban J connectivity index is 1.52. The van der Waals surface area contributed by atoms with Crippen LogP contribution in [0.2, 0.25) is 0 Å². The number of amides is 2. The van der Waals surface area contributed by atoms with Gasteiger partial charge in [-0.3, -0.25) is 14.5 Å². The summed E-state index contributed by atoms with van der Waals surface area (Å²) in [6, 6.07) is 16.4. The summed E-state index contributed by atoms with van der Waals surface area (Å²) in [4.78, 5) is 30.3. The Morgan fingerprint density at radius 2 is 1.58 bits per heavy atom. The maximum Gasteiger partial charge on any atom is 0.277 e. The van der Waals surface area contributed by atoms with E-state index in [0.717, 1.165) is 58.0 Å². The number of nitrogens with zero attached hydrogens (tertiary/aromatic N) is 2. The highest BCUT2D eigenvalue weighted by Gasteiger charge is 2.41. The highest BCUT2D eigenvalue weighted by Crippen LogP contribution is 2.34. The maximum atomic E-state index is 13.5. The fraction of sp³-hybridized carbons (Fsp3) is 0.429. The summed E-state index contributed by atoms with van der Waals surface area (Å²) in [6.45, 7) is 4.08. The summed E-state index contributed by atoms with van der Waals surface area (Å²) in [6.07, 6.45) is 7.00. The van der Waals surface area contributed by atoms with Crippen molar-refractivity contribution in [2.45, 2.75) is 51.9 Å². The van der Waals surface area contributed by atoms with Crippen molar-refractivity contribution in [3.05, 3.63) is 77.2 Å². The molecule has 2 aromatic rings. The third-order valence-electron chi connectivity index (χ3n) is 6.81. The largest absolute Gasteiger partial charge is 0.366 e. The monoisotopic (exact) mass is 448 g/mol. The molecule has 2 heterocycles. The quantitative estimate of drug-likeness (QED) is 0.379. The highest BCUT2D eigenvalue weighted by molar-refractivity contribution is 6.35. The summed E-state index contributed by atoms with van der Waals surface area (Å²) in [5, 5.41) is 0. The molecule has 0 radical (unpaired) electrons. The van der Waals surface area contributed by atoms with Gasteiger partial charge in [-0.15, -0.1) is 0 Å². The SMILES string of the molecule is CCCCCCN1C(=O)C(c2ccc(F)cc2)=C(N2CCC(Cc3ccccc3)CC2)C1=O. The molecule has 33 heavy (non-hydrogen) atoms. The smallest absolute Gasteiger partial charge is 0.277 e. The van der Waals surface area contributed by atoms with Gasteiger partial charge in [-0.05, 0) is 54.9 Å². The Labute approximate surface area is 196 Å². The number of hydrogen-bond donors (Lipinski definition) is 0. The molecule has 0 aliphatic carbocycles. The van der Waals surface area contributed by atoms with Crippen molar-refractivity contribution in [2.24, 2.45) is 5.92 Å². The minimum atomic E-state index is -0.351. The summed E-state index contributed by atoms with van der Waals surface area (Å²) in [5.41, 5.74) is 2.89. The zero-order valence-corrected chi connectivity index (χ0v) is 19.4. The summed E-state index contributed by atoms with van der Waals surface area (Å²) in [5.74, 6) is -0.228. The summed E-state index contributed by atoms with van der Waals surface area (Å²) < 4.78 is 13.5. The van der Waals surface area contributed by atoms with Gasteiger partial charge < -0.3 is 4.90 Å². The number of unbranched alkanes of at least 4 members (excludes halogenated alkanes) is 3. The number of piperidine rings is 1. The second-order valence-electron chi connectivity index (χ2n) is 9.17.